The van der Waals surface area contributed by atoms with Gasteiger partial charge in [0.1, 0.15) is 6.54 Å². The summed E-state index contributed by atoms with van der Waals surface area (Å²) in [5.74, 6) is -0.203. The zero-order valence-electron chi connectivity index (χ0n) is 11.6. The summed E-state index contributed by atoms with van der Waals surface area (Å²) in [6.07, 6.45) is -1.51. The van der Waals surface area contributed by atoms with E-state index in [4.69, 9.17) is 0 Å². The fraction of sp³-hybridized carbons (Fsp3) is 0.429. The number of nitrogens with zero attached hydrogens (tertiary/aromatic N) is 3. The fourth-order valence-electron chi connectivity index (χ4n) is 2.71. The third-order valence-electron chi connectivity index (χ3n) is 3.73. The molecule has 118 valence electrons. The quantitative estimate of drug-likeness (QED) is 0.866. The fourth-order valence-corrected chi connectivity index (χ4v) is 3.41. The van der Waals surface area contributed by atoms with E-state index in [-0.39, 0.29) is 18.5 Å². The molecule has 0 radical (unpaired) electrons. The lowest BCUT2D eigenvalue weighted by molar-refractivity contribution is -0.142. The smallest absolute Gasteiger partial charge is 0.334 e. The molecule has 0 bridgehead atoms. The number of hydrogen-bond donors (Lipinski definition) is 0. The molecule has 0 aliphatic carbocycles. The first kappa shape index (κ1) is 15.1. The lowest BCUT2D eigenvalue weighted by Gasteiger charge is -2.24. The van der Waals surface area contributed by atoms with Crippen LogP contribution < -0.4 is 0 Å². The van der Waals surface area contributed by atoms with Crippen LogP contribution in [0, 0.1) is 0 Å². The minimum atomic E-state index is -4.48. The van der Waals surface area contributed by atoms with Crippen molar-refractivity contribution < 1.29 is 18.0 Å². The molecular formula is C14H14F3N3OS. The van der Waals surface area contributed by atoms with Crippen molar-refractivity contribution in [3.05, 3.63) is 40.3 Å². The summed E-state index contributed by atoms with van der Waals surface area (Å²) >= 11 is 1.57. The second kappa shape index (κ2) is 5.75. The van der Waals surface area contributed by atoms with E-state index in [2.05, 4.69) is 5.10 Å². The predicted octanol–water partition coefficient (Wildman–Crippen LogP) is 3.33. The molecule has 1 unspecified atom stereocenters. The summed E-state index contributed by atoms with van der Waals surface area (Å²) in [5.41, 5.74) is 0.114. The molecular weight excluding hydrogens is 315 g/mol. The van der Waals surface area contributed by atoms with Gasteiger partial charge in [0.15, 0.2) is 5.69 Å². The molecule has 8 heteroatoms. The Kier molecular flexibility index (Phi) is 3.94. The molecule has 22 heavy (non-hydrogen) atoms. The zero-order valence-corrected chi connectivity index (χ0v) is 12.4. The van der Waals surface area contributed by atoms with Crippen LogP contribution in [-0.4, -0.2) is 27.1 Å². The number of thiophene rings is 1. The number of hydrogen-bond acceptors (Lipinski definition) is 3. The molecule has 1 atom stereocenters. The maximum absolute atomic E-state index is 12.5. The van der Waals surface area contributed by atoms with Crippen molar-refractivity contribution in [3.63, 3.8) is 0 Å². The Morgan fingerprint density at radius 1 is 1.41 bits per heavy atom. The Hall–Kier alpha value is -1.83. The number of amides is 1. The van der Waals surface area contributed by atoms with Gasteiger partial charge in [-0.1, -0.05) is 0 Å². The molecule has 2 aromatic rings. The molecule has 0 N–H and O–H groups in total. The minimum Gasteiger partial charge on any atom is -0.334 e. The molecule has 2 aromatic heterocycles. The average Bonchev–Trinajstić information content (AvgIpc) is 3.18. The molecule has 1 saturated heterocycles. The van der Waals surface area contributed by atoms with Gasteiger partial charge in [0.25, 0.3) is 0 Å². The zero-order chi connectivity index (χ0) is 15.7. The van der Waals surface area contributed by atoms with Crippen molar-refractivity contribution in [1.29, 1.82) is 0 Å². The van der Waals surface area contributed by atoms with Gasteiger partial charge in [0.05, 0.1) is 6.04 Å². The Morgan fingerprint density at radius 2 is 2.23 bits per heavy atom. The van der Waals surface area contributed by atoms with Crippen LogP contribution in [0.1, 0.15) is 30.1 Å². The van der Waals surface area contributed by atoms with Crippen LogP contribution in [0.3, 0.4) is 0 Å². The van der Waals surface area contributed by atoms with Crippen LogP contribution in [0.2, 0.25) is 0 Å². The lowest BCUT2D eigenvalue weighted by Crippen LogP contribution is -2.33. The molecule has 1 aliphatic rings. The predicted molar refractivity (Wildman–Crippen MR) is 75.2 cm³/mol. The normalized spacial score (nSPS) is 18.9. The number of carbonyl (C=O) groups is 1. The summed E-state index contributed by atoms with van der Waals surface area (Å²) < 4.78 is 38.6. The van der Waals surface area contributed by atoms with Crippen molar-refractivity contribution in [2.45, 2.75) is 31.6 Å². The topological polar surface area (TPSA) is 38.1 Å². The van der Waals surface area contributed by atoms with E-state index in [0.717, 1.165) is 29.2 Å². The van der Waals surface area contributed by atoms with E-state index >= 15 is 0 Å². The van der Waals surface area contributed by atoms with Crippen molar-refractivity contribution in [1.82, 2.24) is 14.7 Å². The van der Waals surface area contributed by atoms with E-state index in [0.29, 0.717) is 6.54 Å². The molecule has 1 amide bonds. The highest BCUT2D eigenvalue weighted by atomic mass is 32.1. The van der Waals surface area contributed by atoms with E-state index in [1.807, 2.05) is 16.8 Å². The number of halogens is 3. The second-order valence-corrected chi connectivity index (χ2v) is 5.98. The molecule has 3 heterocycles. The molecule has 1 fully saturated rings. The first-order valence-electron chi connectivity index (χ1n) is 6.87. The average molecular weight is 329 g/mol. The van der Waals surface area contributed by atoms with Gasteiger partial charge in [0, 0.05) is 12.7 Å². The van der Waals surface area contributed by atoms with Crippen molar-refractivity contribution in [2.24, 2.45) is 0 Å². The maximum Gasteiger partial charge on any atom is 0.435 e. The highest BCUT2D eigenvalue weighted by Crippen LogP contribution is 2.33. The SMILES string of the molecule is O=C(Cn1ccc(C(F)(F)F)n1)N1CCCC1c1ccsc1. The first-order chi connectivity index (χ1) is 10.4. The molecule has 1 aliphatic heterocycles. The van der Waals surface area contributed by atoms with Crippen molar-refractivity contribution in [2.75, 3.05) is 6.54 Å². The first-order valence-corrected chi connectivity index (χ1v) is 7.81. The third-order valence-corrected chi connectivity index (χ3v) is 4.43. The highest BCUT2D eigenvalue weighted by Gasteiger charge is 2.34. The molecule has 0 saturated carbocycles. The Morgan fingerprint density at radius 3 is 2.86 bits per heavy atom. The highest BCUT2D eigenvalue weighted by molar-refractivity contribution is 7.07. The Bertz CT molecular complexity index is 651. The van der Waals surface area contributed by atoms with E-state index in [9.17, 15) is 18.0 Å². The van der Waals surface area contributed by atoms with Gasteiger partial charge in [-0.25, -0.2) is 0 Å². The van der Waals surface area contributed by atoms with Crippen LogP contribution in [0.5, 0.6) is 0 Å². The van der Waals surface area contributed by atoms with Gasteiger partial charge in [-0.3, -0.25) is 9.48 Å². The third kappa shape index (κ3) is 3.01. The molecule has 0 spiro atoms. The van der Waals surface area contributed by atoms with Gasteiger partial charge in [0.2, 0.25) is 5.91 Å². The van der Waals surface area contributed by atoms with Crippen LogP contribution >= 0.6 is 11.3 Å². The summed E-state index contributed by atoms with van der Waals surface area (Å²) in [6.45, 7) is 0.462. The van der Waals surface area contributed by atoms with E-state index < -0.39 is 11.9 Å². The van der Waals surface area contributed by atoms with Gasteiger partial charge in [-0.2, -0.15) is 29.6 Å². The summed E-state index contributed by atoms with van der Waals surface area (Å²) in [7, 11) is 0. The Labute approximate surface area is 129 Å². The number of alkyl halides is 3. The standard InChI is InChI=1S/C14H14F3N3OS/c15-14(16,17)12-3-6-19(18-12)8-13(21)20-5-1-2-11(20)10-4-7-22-9-10/h3-4,6-7,9,11H,1-2,5,8H2. The largest absolute Gasteiger partial charge is 0.435 e. The van der Waals surface area contributed by atoms with Gasteiger partial charge in [-0.05, 0) is 41.3 Å². The second-order valence-electron chi connectivity index (χ2n) is 5.20. The van der Waals surface area contributed by atoms with Crippen LogP contribution in [0.25, 0.3) is 0 Å². The molecule has 3 rings (SSSR count). The lowest BCUT2D eigenvalue weighted by atomic mass is 10.1. The molecule has 0 aromatic carbocycles. The monoisotopic (exact) mass is 329 g/mol. The van der Waals surface area contributed by atoms with Crippen molar-refractivity contribution >= 4 is 17.2 Å². The summed E-state index contributed by atoms with van der Waals surface area (Å²) in [5, 5.41) is 7.39. The number of carbonyl (C=O) groups excluding carboxylic acids is 1. The van der Waals surface area contributed by atoms with Crippen LogP contribution in [0.4, 0.5) is 13.2 Å². The number of rotatable bonds is 3. The number of likely N-dealkylation sites (tertiary alicyclic amines) is 1. The maximum atomic E-state index is 12.5. The van der Waals surface area contributed by atoms with Gasteiger partial charge in [-0.15, -0.1) is 0 Å². The van der Waals surface area contributed by atoms with Crippen molar-refractivity contribution in [3.8, 4) is 0 Å². The van der Waals surface area contributed by atoms with Gasteiger partial charge >= 0.3 is 6.18 Å². The molecule has 4 nitrogen and oxygen atoms in total. The van der Waals surface area contributed by atoms with E-state index in [1.54, 1.807) is 16.2 Å². The summed E-state index contributed by atoms with van der Waals surface area (Å²) in [4.78, 5) is 14.1. The minimum absolute atomic E-state index is 0.0244. The number of aromatic nitrogens is 2. The van der Waals surface area contributed by atoms with Crippen LogP contribution in [0.15, 0.2) is 29.1 Å². The van der Waals surface area contributed by atoms with Gasteiger partial charge < -0.3 is 4.90 Å². The summed E-state index contributed by atoms with van der Waals surface area (Å²) in [6, 6.07) is 2.89. The van der Waals surface area contributed by atoms with Crippen LogP contribution in [-0.2, 0) is 17.5 Å². The Balaban J connectivity index is 1.70. The van der Waals surface area contributed by atoms with E-state index in [1.165, 1.54) is 6.20 Å².